The Balaban J connectivity index is 0.000000155. The smallest absolute Gasteiger partial charge is 0.354 e. The second-order valence-electron chi connectivity index (χ2n) is 8.24. The van der Waals surface area contributed by atoms with E-state index < -0.39 is 23.3 Å². The lowest BCUT2D eigenvalue weighted by atomic mass is 10.2. The van der Waals surface area contributed by atoms with Gasteiger partial charge in [-0.3, -0.25) is 9.97 Å². The average Bonchev–Trinajstić information content (AvgIpc) is 3.38. The van der Waals surface area contributed by atoms with Crippen molar-refractivity contribution < 1.29 is 26.3 Å². The van der Waals surface area contributed by atoms with Gasteiger partial charge in [-0.05, 0) is 36.4 Å². The van der Waals surface area contributed by atoms with Crippen molar-refractivity contribution in [1.29, 1.82) is 0 Å². The standard InChI is InChI=1S/C13H8BrF3N2.C11H7BrN2.C2H2F3I/c14-8-1-2-9-10-6-18-4-3-11(10)19(12(9)5-8)7-13(15,16)17;12-7-1-2-8-9-6-13-4-3-10(9)14-11(8)5-7;3-2(4,5)1-6/h1-6H,7H2;1-6,14H;1H2. The zero-order valence-corrected chi connectivity index (χ0v) is 24.9. The van der Waals surface area contributed by atoms with Gasteiger partial charge in [-0.15, -0.1) is 0 Å². The van der Waals surface area contributed by atoms with E-state index in [0.717, 1.165) is 30.8 Å². The minimum Gasteiger partial charge on any atom is -0.354 e. The molecule has 4 nitrogen and oxygen atoms in total. The Bertz CT molecular complexity index is 1740. The molecule has 0 atom stereocenters. The van der Waals surface area contributed by atoms with Crippen LogP contribution >= 0.6 is 54.5 Å². The average molecular weight is 786 g/mol. The van der Waals surface area contributed by atoms with Crippen LogP contribution in [0.25, 0.3) is 43.6 Å². The van der Waals surface area contributed by atoms with Gasteiger partial charge >= 0.3 is 12.4 Å². The number of fused-ring (bicyclic) bond motifs is 6. The molecule has 13 heteroatoms. The van der Waals surface area contributed by atoms with Crippen molar-refractivity contribution in [1.82, 2.24) is 19.5 Å². The lowest BCUT2D eigenvalue weighted by molar-refractivity contribution is -0.139. The Labute approximate surface area is 248 Å². The molecule has 0 amide bonds. The highest BCUT2D eigenvalue weighted by Gasteiger charge is 2.29. The van der Waals surface area contributed by atoms with Gasteiger partial charge < -0.3 is 9.55 Å². The van der Waals surface area contributed by atoms with E-state index in [0.29, 0.717) is 11.0 Å². The Morgan fingerprint density at radius 2 is 1.28 bits per heavy atom. The molecule has 0 saturated heterocycles. The van der Waals surface area contributed by atoms with Gasteiger partial charge in [-0.1, -0.05) is 66.6 Å². The van der Waals surface area contributed by atoms with E-state index in [2.05, 4.69) is 58.9 Å². The number of aromatic nitrogens is 4. The molecule has 2 aromatic carbocycles. The van der Waals surface area contributed by atoms with Crippen LogP contribution < -0.4 is 0 Å². The first kappa shape index (κ1) is 29.6. The van der Waals surface area contributed by atoms with Gasteiger partial charge in [0.25, 0.3) is 0 Å². The van der Waals surface area contributed by atoms with E-state index in [-0.39, 0.29) is 0 Å². The number of aromatic amines is 1. The minimum absolute atomic E-state index is 0.542. The van der Waals surface area contributed by atoms with Gasteiger partial charge in [-0.25, -0.2) is 0 Å². The molecular weight excluding hydrogens is 769 g/mol. The molecule has 0 aliphatic heterocycles. The number of H-pyrrole nitrogens is 1. The second-order valence-corrected chi connectivity index (χ2v) is 10.8. The summed E-state index contributed by atoms with van der Waals surface area (Å²) >= 11 is 8.02. The van der Waals surface area contributed by atoms with Crippen LogP contribution in [0.4, 0.5) is 26.3 Å². The fourth-order valence-electron chi connectivity index (χ4n) is 3.98. The summed E-state index contributed by atoms with van der Waals surface area (Å²) < 4.78 is 72.9. The third-order valence-electron chi connectivity index (χ3n) is 5.48. The summed E-state index contributed by atoms with van der Waals surface area (Å²) in [5, 5.41) is 3.90. The summed E-state index contributed by atoms with van der Waals surface area (Å²) in [6.07, 6.45) is -1.44. The summed E-state index contributed by atoms with van der Waals surface area (Å²) in [4.78, 5) is 11.5. The van der Waals surface area contributed by atoms with Gasteiger partial charge in [0, 0.05) is 66.3 Å². The zero-order valence-electron chi connectivity index (χ0n) is 19.6. The first-order valence-corrected chi connectivity index (χ1v) is 14.2. The lowest BCUT2D eigenvalue weighted by Gasteiger charge is -2.10. The van der Waals surface area contributed by atoms with Crippen molar-refractivity contribution in [3.63, 3.8) is 0 Å². The molecule has 6 rings (SSSR count). The summed E-state index contributed by atoms with van der Waals surface area (Å²) in [7, 11) is 0. The van der Waals surface area contributed by atoms with Gasteiger partial charge in [0.1, 0.15) is 6.54 Å². The molecule has 0 aliphatic rings. The minimum atomic E-state index is -4.26. The molecule has 0 aliphatic carbocycles. The Hall–Kier alpha value is -2.39. The molecular formula is C26H17Br2F6IN4. The van der Waals surface area contributed by atoms with Crippen molar-refractivity contribution >= 4 is 98.1 Å². The topological polar surface area (TPSA) is 46.5 Å². The number of rotatable bonds is 1. The van der Waals surface area contributed by atoms with Gasteiger partial charge in [0.15, 0.2) is 0 Å². The number of pyridine rings is 2. The Morgan fingerprint density at radius 3 is 1.92 bits per heavy atom. The molecule has 1 N–H and O–H groups in total. The molecule has 0 bridgehead atoms. The van der Waals surface area contributed by atoms with Crippen molar-refractivity contribution in [2.75, 3.05) is 4.43 Å². The van der Waals surface area contributed by atoms with E-state index in [1.165, 1.54) is 44.1 Å². The van der Waals surface area contributed by atoms with E-state index in [9.17, 15) is 26.3 Å². The van der Waals surface area contributed by atoms with Crippen LogP contribution in [0.3, 0.4) is 0 Å². The summed E-state index contributed by atoms with van der Waals surface area (Å²) in [5.74, 6) is 0. The maximum absolute atomic E-state index is 12.7. The number of halogens is 9. The predicted octanol–water partition coefficient (Wildman–Crippen LogP) is 9.98. The molecule has 0 fully saturated rings. The number of hydrogen-bond acceptors (Lipinski definition) is 2. The monoisotopic (exact) mass is 784 g/mol. The molecule has 0 unspecified atom stereocenters. The first-order chi connectivity index (χ1) is 18.4. The van der Waals surface area contributed by atoms with Gasteiger partial charge in [-0.2, -0.15) is 26.3 Å². The number of hydrogen-bond donors (Lipinski definition) is 1. The highest BCUT2D eigenvalue weighted by Crippen LogP contribution is 2.33. The van der Waals surface area contributed by atoms with E-state index in [4.69, 9.17) is 0 Å². The maximum atomic E-state index is 12.7. The lowest BCUT2D eigenvalue weighted by Crippen LogP contribution is -2.17. The normalized spacial score (nSPS) is 11.9. The molecule has 0 spiro atoms. The van der Waals surface area contributed by atoms with Crippen LogP contribution in [0, 0.1) is 0 Å². The van der Waals surface area contributed by atoms with Crippen LogP contribution in [-0.4, -0.2) is 36.3 Å². The number of nitrogens with zero attached hydrogens (tertiary/aromatic N) is 3. The molecule has 6 aromatic rings. The van der Waals surface area contributed by atoms with Crippen LogP contribution in [0.15, 0.2) is 82.3 Å². The summed E-state index contributed by atoms with van der Waals surface area (Å²) in [6, 6.07) is 15.1. The molecule has 4 heterocycles. The van der Waals surface area contributed by atoms with E-state index in [1.54, 1.807) is 30.6 Å². The molecule has 39 heavy (non-hydrogen) atoms. The maximum Gasteiger partial charge on any atom is 0.406 e. The highest BCUT2D eigenvalue weighted by atomic mass is 127. The third-order valence-corrected chi connectivity index (χ3v) is 7.33. The fraction of sp³-hybridized carbons (Fsp3) is 0.154. The van der Waals surface area contributed by atoms with Gasteiger partial charge in [0.05, 0.1) is 15.5 Å². The Kier molecular flexibility index (Phi) is 9.11. The number of benzene rings is 2. The van der Waals surface area contributed by atoms with Crippen molar-refractivity contribution in [3.8, 4) is 0 Å². The van der Waals surface area contributed by atoms with Crippen LogP contribution in [-0.2, 0) is 6.54 Å². The molecule has 0 saturated carbocycles. The van der Waals surface area contributed by atoms with Crippen molar-refractivity contribution in [2.24, 2.45) is 0 Å². The van der Waals surface area contributed by atoms with Crippen molar-refractivity contribution in [3.05, 3.63) is 82.3 Å². The van der Waals surface area contributed by atoms with Gasteiger partial charge in [0.2, 0.25) is 0 Å². The molecule has 4 aromatic heterocycles. The summed E-state index contributed by atoms with van der Waals surface area (Å²) in [5.41, 5.74) is 3.37. The zero-order chi connectivity index (χ0) is 28.4. The first-order valence-electron chi connectivity index (χ1n) is 11.1. The quantitative estimate of drug-likeness (QED) is 0.103. The largest absolute Gasteiger partial charge is 0.406 e. The van der Waals surface area contributed by atoms with Crippen LogP contribution in [0.5, 0.6) is 0 Å². The second kappa shape index (κ2) is 12.0. The molecule has 0 radical (unpaired) electrons. The van der Waals surface area contributed by atoms with E-state index in [1.807, 2.05) is 24.4 Å². The van der Waals surface area contributed by atoms with Crippen LogP contribution in [0.1, 0.15) is 0 Å². The number of nitrogens with one attached hydrogen (secondary N) is 1. The van der Waals surface area contributed by atoms with Crippen LogP contribution in [0.2, 0.25) is 0 Å². The number of alkyl halides is 7. The SMILES string of the molecule is Brc1ccc2c(c1)[nH]c1ccncc12.FC(F)(F)CI.FC(F)(F)Cn1c2ccncc2c2ccc(Br)cc21. The highest BCUT2D eigenvalue weighted by molar-refractivity contribution is 14.1. The molecule has 204 valence electrons. The third kappa shape index (κ3) is 7.42. The van der Waals surface area contributed by atoms with Crippen molar-refractivity contribution in [2.45, 2.75) is 18.9 Å². The van der Waals surface area contributed by atoms with E-state index >= 15 is 0 Å². The fourth-order valence-corrected chi connectivity index (χ4v) is 4.69. The Morgan fingerprint density at radius 1 is 0.692 bits per heavy atom. The predicted molar refractivity (Wildman–Crippen MR) is 157 cm³/mol. The summed E-state index contributed by atoms with van der Waals surface area (Å²) in [6.45, 7) is -1.01.